The highest BCUT2D eigenvalue weighted by atomic mass is 16.5. The minimum Gasteiger partial charge on any atom is -0.480 e. The highest BCUT2D eigenvalue weighted by Gasteiger charge is 2.68. The van der Waals surface area contributed by atoms with E-state index in [9.17, 15) is 29.4 Å². The summed E-state index contributed by atoms with van der Waals surface area (Å²) in [5.41, 5.74) is -0.730. The zero-order valence-corrected chi connectivity index (χ0v) is 17.2. The van der Waals surface area contributed by atoms with Crippen molar-refractivity contribution in [1.29, 1.82) is 0 Å². The van der Waals surface area contributed by atoms with Crippen molar-refractivity contribution in [1.82, 2.24) is 10.2 Å². The molecule has 3 N–H and O–H groups in total. The Bertz CT molecular complexity index is 1070. The summed E-state index contributed by atoms with van der Waals surface area (Å²) in [5.74, 6) is -5.00. The van der Waals surface area contributed by atoms with Gasteiger partial charge in [-0.05, 0) is 23.3 Å². The number of aliphatic hydroxyl groups excluding tert-OH is 1. The molecule has 2 fully saturated rings. The molecule has 2 amide bonds. The number of fused-ring (bicyclic) bond motifs is 1. The Labute approximate surface area is 183 Å². The molecule has 4 atom stereocenters. The summed E-state index contributed by atoms with van der Waals surface area (Å²) in [6.45, 7) is 0.429. The van der Waals surface area contributed by atoms with Crippen LogP contribution in [0.25, 0.3) is 0 Å². The molecular weight excluding hydrogens is 416 g/mol. The number of carboxylic acids is 1. The first kappa shape index (κ1) is 21.7. The Balaban J connectivity index is 1.72. The molecule has 0 radical (unpaired) electrons. The summed E-state index contributed by atoms with van der Waals surface area (Å²) in [7, 11) is 0. The van der Waals surface area contributed by atoms with Gasteiger partial charge in [-0.1, -0.05) is 42.5 Å². The topological polar surface area (TPSA) is 133 Å². The number of esters is 1. The molecule has 9 heteroatoms. The van der Waals surface area contributed by atoms with Crippen LogP contribution in [0.3, 0.4) is 0 Å². The average molecular weight is 438 g/mol. The molecule has 0 saturated carbocycles. The lowest BCUT2D eigenvalue weighted by Crippen LogP contribution is -2.58. The first-order chi connectivity index (χ1) is 15.3. The van der Waals surface area contributed by atoms with Gasteiger partial charge in [0.1, 0.15) is 5.75 Å². The second kappa shape index (κ2) is 8.18. The van der Waals surface area contributed by atoms with Gasteiger partial charge in [0.15, 0.2) is 5.54 Å². The minimum absolute atomic E-state index is 0.0186. The number of hydrogen-bond donors (Lipinski definition) is 3. The van der Waals surface area contributed by atoms with E-state index in [4.69, 9.17) is 4.74 Å². The van der Waals surface area contributed by atoms with E-state index in [1.165, 1.54) is 19.1 Å². The van der Waals surface area contributed by atoms with Crippen LogP contribution in [0.15, 0.2) is 54.6 Å². The van der Waals surface area contributed by atoms with Gasteiger partial charge in [0, 0.05) is 13.0 Å². The second-order valence-corrected chi connectivity index (χ2v) is 7.97. The standard InChI is InChI=1S/C23H22N2O7/c1-13(27)32-16-9-7-15(8-10-16)19-17-18(23(12-26,24-19)22(30)31)21(29)25(20(17)28)11-14-5-3-2-4-6-14/h2-10,17-19,24,26H,11-12H2,1H3,(H,30,31). The van der Waals surface area contributed by atoms with Crippen LogP contribution in [0.2, 0.25) is 0 Å². The number of nitrogens with one attached hydrogen (secondary N) is 1. The number of aliphatic hydroxyl groups is 1. The van der Waals surface area contributed by atoms with E-state index in [0.717, 1.165) is 10.5 Å². The molecule has 0 aliphatic carbocycles. The number of ether oxygens (including phenoxy) is 1. The van der Waals surface area contributed by atoms with Crippen molar-refractivity contribution in [3.63, 3.8) is 0 Å². The fourth-order valence-electron chi connectivity index (χ4n) is 4.59. The molecule has 2 aliphatic heterocycles. The Kier molecular flexibility index (Phi) is 5.53. The molecular formula is C23H22N2O7. The SMILES string of the molecule is CC(=O)Oc1ccc(C2NC(CO)(C(=O)O)C3C(=O)N(Cc4ccccc4)C(=O)C23)cc1. The summed E-state index contributed by atoms with van der Waals surface area (Å²) < 4.78 is 5.02. The molecule has 0 bridgehead atoms. The van der Waals surface area contributed by atoms with Gasteiger partial charge in [0.2, 0.25) is 11.8 Å². The Morgan fingerprint density at radius 1 is 1.06 bits per heavy atom. The van der Waals surface area contributed by atoms with E-state index in [2.05, 4.69) is 5.32 Å². The zero-order valence-electron chi connectivity index (χ0n) is 17.2. The van der Waals surface area contributed by atoms with Gasteiger partial charge >= 0.3 is 11.9 Å². The molecule has 166 valence electrons. The highest BCUT2D eigenvalue weighted by Crippen LogP contribution is 2.49. The Morgan fingerprint density at radius 3 is 2.28 bits per heavy atom. The Hall–Kier alpha value is -3.56. The Morgan fingerprint density at radius 2 is 1.72 bits per heavy atom. The number of aliphatic carboxylic acids is 1. The predicted octanol–water partition coefficient (Wildman–Crippen LogP) is 0.873. The van der Waals surface area contributed by atoms with Crippen LogP contribution >= 0.6 is 0 Å². The summed E-state index contributed by atoms with van der Waals surface area (Å²) in [4.78, 5) is 51.0. The van der Waals surface area contributed by atoms with Crippen LogP contribution in [0.4, 0.5) is 0 Å². The van der Waals surface area contributed by atoms with E-state index >= 15 is 0 Å². The number of nitrogens with zero attached hydrogens (tertiary/aromatic N) is 1. The zero-order chi connectivity index (χ0) is 23.0. The summed E-state index contributed by atoms with van der Waals surface area (Å²) >= 11 is 0. The number of carboxylic acid groups (broad SMARTS) is 1. The molecule has 2 aliphatic rings. The van der Waals surface area contributed by atoms with Gasteiger partial charge in [-0.15, -0.1) is 0 Å². The number of hydrogen-bond acceptors (Lipinski definition) is 7. The lowest BCUT2D eigenvalue weighted by Gasteiger charge is -2.29. The number of benzene rings is 2. The number of likely N-dealkylation sites (tertiary alicyclic amines) is 1. The average Bonchev–Trinajstić information content (AvgIpc) is 3.25. The van der Waals surface area contributed by atoms with Crippen molar-refractivity contribution in [3.05, 3.63) is 65.7 Å². The van der Waals surface area contributed by atoms with Crippen LogP contribution in [0.1, 0.15) is 24.1 Å². The normalized spacial score (nSPS) is 26.8. The number of carbonyl (C=O) groups excluding carboxylic acids is 3. The fourth-order valence-corrected chi connectivity index (χ4v) is 4.59. The quantitative estimate of drug-likeness (QED) is 0.344. The van der Waals surface area contributed by atoms with Crippen LogP contribution < -0.4 is 10.1 Å². The lowest BCUT2D eigenvalue weighted by atomic mass is 9.79. The number of amides is 2. The maximum Gasteiger partial charge on any atom is 0.327 e. The summed E-state index contributed by atoms with van der Waals surface area (Å²) in [6.07, 6.45) is 0. The molecule has 32 heavy (non-hydrogen) atoms. The van der Waals surface area contributed by atoms with E-state index < -0.39 is 53.8 Å². The monoisotopic (exact) mass is 438 g/mol. The van der Waals surface area contributed by atoms with Gasteiger partial charge < -0.3 is 14.9 Å². The fraction of sp³-hybridized carbons (Fsp3) is 0.304. The van der Waals surface area contributed by atoms with Gasteiger partial charge in [-0.25, -0.2) is 0 Å². The van der Waals surface area contributed by atoms with Crippen molar-refractivity contribution < 1.29 is 34.1 Å². The van der Waals surface area contributed by atoms with Crippen LogP contribution in [0.5, 0.6) is 5.75 Å². The van der Waals surface area contributed by atoms with E-state index in [0.29, 0.717) is 11.3 Å². The third-order valence-corrected chi connectivity index (χ3v) is 6.06. The maximum absolute atomic E-state index is 13.3. The number of carbonyl (C=O) groups is 4. The maximum atomic E-state index is 13.3. The first-order valence-corrected chi connectivity index (χ1v) is 10.1. The summed E-state index contributed by atoms with van der Waals surface area (Å²) in [5, 5.41) is 22.8. The minimum atomic E-state index is -2.00. The smallest absolute Gasteiger partial charge is 0.327 e. The molecule has 0 spiro atoms. The van der Waals surface area contributed by atoms with Crippen LogP contribution in [0, 0.1) is 11.8 Å². The largest absolute Gasteiger partial charge is 0.480 e. The molecule has 4 unspecified atom stereocenters. The number of imide groups is 1. The highest BCUT2D eigenvalue weighted by molar-refractivity contribution is 6.09. The third kappa shape index (κ3) is 3.45. The van der Waals surface area contributed by atoms with Gasteiger partial charge in [-0.3, -0.25) is 29.4 Å². The molecule has 4 rings (SSSR count). The predicted molar refractivity (Wildman–Crippen MR) is 110 cm³/mol. The van der Waals surface area contributed by atoms with Crippen molar-refractivity contribution >= 4 is 23.8 Å². The first-order valence-electron chi connectivity index (χ1n) is 10.1. The van der Waals surface area contributed by atoms with Gasteiger partial charge in [0.05, 0.1) is 25.0 Å². The second-order valence-electron chi connectivity index (χ2n) is 7.97. The lowest BCUT2D eigenvalue weighted by molar-refractivity contribution is -0.153. The molecule has 2 heterocycles. The molecule has 2 saturated heterocycles. The van der Waals surface area contributed by atoms with Crippen molar-refractivity contribution in [2.24, 2.45) is 11.8 Å². The van der Waals surface area contributed by atoms with Crippen molar-refractivity contribution in [2.45, 2.75) is 25.0 Å². The van der Waals surface area contributed by atoms with Crippen LogP contribution in [-0.2, 0) is 25.7 Å². The van der Waals surface area contributed by atoms with Gasteiger partial charge in [-0.2, -0.15) is 0 Å². The summed E-state index contributed by atoms with van der Waals surface area (Å²) in [6, 6.07) is 14.3. The van der Waals surface area contributed by atoms with E-state index in [-0.39, 0.29) is 6.54 Å². The molecule has 0 aromatic heterocycles. The molecule has 2 aromatic carbocycles. The third-order valence-electron chi connectivity index (χ3n) is 6.06. The van der Waals surface area contributed by atoms with E-state index in [1.54, 1.807) is 36.4 Å². The van der Waals surface area contributed by atoms with Crippen molar-refractivity contribution in [2.75, 3.05) is 6.61 Å². The molecule has 2 aromatic rings. The van der Waals surface area contributed by atoms with Crippen LogP contribution in [-0.4, -0.2) is 51.0 Å². The number of rotatable bonds is 6. The van der Waals surface area contributed by atoms with E-state index in [1.807, 2.05) is 6.07 Å². The van der Waals surface area contributed by atoms with Gasteiger partial charge in [0.25, 0.3) is 0 Å². The van der Waals surface area contributed by atoms with Crippen molar-refractivity contribution in [3.8, 4) is 5.75 Å². The molecule has 9 nitrogen and oxygen atoms in total.